The number of ether oxygens (including phenoxy) is 1. The molecule has 0 aliphatic heterocycles. The zero-order chi connectivity index (χ0) is 10.4. The van der Waals surface area contributed by atoms with Gasteiger partial charge < -0.3 is 4.74 Å². The molecular weight excluding hydrogens is 198 g/mol. The minimum absolute atomic E-state index is 0.166. The summed E-state index contributed by atoms with van der Waals surface area (Å²) >= 11 is 6.05. The van der Waals surface area contributed by atoms with Crippen LogP contribution in [0.1, 0.15) is 26.0 Å². The fourth-order valence-electron chi connectivity index (χ4n) is 1.17. The lowest BCUT2D eigenvalue weighted by Crippen LogP contribution is -2.04. The lowest BCUT2D eigenvalue weighted by Gasteiger charge is -2.07. The third kappa shape index (κ3) is 3.54. The van der Waals surface area contributed by atoms with Gasteiger partial charge in [0, 0.05) is 23.6 Å². The van der Waals surface area contributed by atoms with E-state index in [4.69, 9.17) is 16.3 Å². The molecule has 0 aliphatic carbocycles. The Labute approximate surface area is 90.3 Å². The van der Waals surface area contributed by atoms with Crippen molar-refractivity contribution < 1.29 is 4.74 Å². The first kappa shape index (κ1) is 11.3. The number of nitrogens with zero attached hydrogens (tertiary/aromatic N) is 1. The van der Waals surface area contributed by atoms with E-state index >= 15 is 0 Å². The van der Waals surface area contributed by atoms with Gasteiger partial charge in [0.1, 0.15) is 0 Å². The number of hydrogen-bond donors (Lipinski definition) is 0. The molecule has 0 N–H and O–H groups in total. The average molecular weight is 214 g/mol. The molecule has 1 heterocycles. The van der Waals surface area contributed by atoms with E-state index in [-0.39, 0.29) is 5.38 Å². The highest BCUT2D eigenvalue weighted by Crippen LogP contribution is 2.12. The lowest BCUT2D eigenvalue weighted by atomic mass is 10.2. The van der Waals surface area contributed by atoms with Gasteiger partial charge >= 0.3 is 0 Å². The van der Waals surface area contributed by atoms with Gasteiger partial charge in [-0.05, 0) is 19.4 Å². The molecule has 0 spiro atoms. The SMILES string of the molecule is CCOc1cccc(CC(Cl)CC)n1. The molecule has 1 unspecified atom stereocenters. The van der Waals surface area contributed by atoms with Crippen molar-refractivity contribution in [3.05, 3.63) is 23.9 Å². The quantitative estimate of drug-likeness (QED) is 0.702. The zero-order valence-corrected chi connectivity index (χ0v) is 9.42. The number of alkyl halides is 1. The Morgan fingerprint density at radius 1 is 1.43 bits per heavy atom. The van der Waals surface area contributed by atoms with Crippen LogP contribution in [0.3, 0.4) is 0 Å². The maximum atomic E-state index is 6.05. The zero-order valence-electron chi connectivity index (χ0n) is 8.66. The smallest absolute Gasteiger partial charge is 0.213 e. The average Bonchev–Trinajstić information content (AvgIpc) is 2.19. The third-order valence-electron chi connectivity index (χ3n) is 1.95. The van der Waals surface area contributed by atoms with Gasteiger partial charge in [-0.25, -0.2) is 4.98 Å². The van der Waals surface area contributed by atoms with Crippen molar-refractivity contribution in [2.45, 2.75) is 32.1 Å². The molecule has 1 rings (SSSR count). The van der Waals surface area contributed by atoms with Gasteiger partial charge in [0.15, 0.2) is 0 Å². The molecule has 1 aromatic heterocycles. The van der Waals surface area contributed by atoms with E-state index in [0.717, 1.165) is 18.5 Å². The molecule has 0 saturated heterocycles. The Morgan fingerprint density at radius 3 is 2.86 bits per heavy atom. The van der Waals surface area contributed by atoms with Gasteiger partial charge in [-0.15, -0.1) is 11.6 Å². The van der Waals surface area contributed by atoms with Crippen molar-refractivity contribution in [3.8, 4) is 5.88 Å². The predicted molar refractivity (Wildman–Crippen MR) is 59.0 cm³/mol. The van der Waals surface area contributed by atoms with Gasteiger partial charge in [0.25, 0.3) is 0 Å². The van der Waals surface area contributed by atoms with Crippen molar-refractivity contribution in [2.24, 2.45) is 0 Å². The summed E-state index contributed by atoms with van der Waals surface area (Å²) in [5.74, 6) is 0.685. The number of rotatable bonds is 5. The first-order chi connectivity index (χ1) is 6.76. The molecule has 0 aliphatic rings. The Hall–Kier alpha value is -0.760. The van der Waals surface area contributed by atoms with Gasteiger partial charge in [0.05, 0.1) is 6.61 Å². The van der Waals surface area contributed by atoms with E-state index in [2.05, 4.69) is 11.9 Å². The second kappa shape index (κ2) is 5.86. The minimum Gasteiger partial charge on any atom is -0.478 e. The second-order valence-electron chi connectivity index (χ2n) is 3.11. The van der Waals surface area contributed by atoms with Crippen LogP contribution in [-0.4, -0.2) is 17.0 Å². The van der Waals surface area contributed by atoms with E-state index in [1.165, 1.54) is 0 Å². The molecule has 0 amide bonds. The maximum Gasteiger partial charge on any atom is 0.213 e. The normalized spacial score (nSPS) is 12.5. The summed E-state index contributed by atoms with van der Waals surface area (Å²) in [5.41, 5.74) is 0.998. The van der Waals surface area contributed by atoms with E-state index in [1.54, 1.807) is 0 Å². The van der Waals surface area contributed by atoms with Crippen molar-refractivity contribution >= 4 is 11.6 Å². The summed E-state index contributed by atoms with van der Waals surface area (Å²) < 4.78 is 5.31. The molecular formula is C11H16ClNO. The third-order valence-corrected chi connectivity index (χ3v) is 2.41. The Kier molecular flexibility index (Phi) is 4.74. The minimum atomic E-state index is 0.166. The molecule has 14 heavy (non-hydrogen) atoms. The molecule has 1 atom stereocenters. The Balaban J connectivity index is 2.63. The maximum absolute atomic E-state index is 6.05. The highest BCUT2D eigenvalue weighted by molar-refractivity contribution is 6.20. The van der Waals surface area contributed by atoms with Crippen molar-refractivity contribution in [1.29, 1.82) is 0 Å². The van der Waals surface area contributed by atoms with E-state index in [9.17, 15) is 0 Å². The van der Waals surface area contributed by atoms with Gasteiger partial charge in [0.2, 0.25) is 5.88 Å². The number of hydrogen-bond acceptors (Lipinski definition) is 2. The van der Waals surface area contributed by atoms with Gasteiger partial charge in [-0.1, -0.05) is 13.0 Å². The molecule has 0 bridgehead atoms. The van der Waals surface area contributed by atoms with Crippen LogP contribution in [0.2, 0.25) is 0 Å². The van der Waals surface area contributed by atoms with Crippen molar-refractivity contribution in [3.63, 3.8) is 0 Å². The molecule has 2 nitrogen and oxygen atoms in total. The number of halogens is 1. The molecule has 1 aromatic rings. The van der Waals surface area contributed by atoms with Crippen LogP contribution in [0.5, 0.6) is 5.88 Å². The summed E-state index contributed by atoms with van der Waals surface area (Å²) in [6.07, 6.45) is 1.76. The fourth-order valence-corrected chi connectivity index (χ4v) is 1.33. The van der Waals surface area contributed by atoms with Crippen LogP contribution in [0, 0.1) is 0 Å². The van der Waals surface area contributed by atoms with E-state index in [1.807, 2.05) is 25.1 Å². The molecule has 0 radical (unpaired) electrons. The molecule has 0 fully saturated rings. The number of pyridine rings is 1. The van der Waals surface area contributed by atoms with Crippen LogP contribution in [-0.2, 0) is 6.42 Å². The van der Waals surface area contributed by atoms with Gasteiger partial charge in [-0.3, -0.25) is 0 Å². The Bertz CT molecular complexity index is 278. The van der Waals surface area contributed by atoms with Crippen LogP contribution in [0.4, 0.5) is 0 Å². The molecule has 3 heteroatoms. The van der Waals surface area contributed by atoms with Crippen LogP contribution in [0.25, 0.3) is 0 Å². The molecule has 0 saturated carbocycles. The fraction of sp³-hybridized carbons (Fsp3) is 0.545. The first-order valence-electron chi connectivity index (χ1n) is 4.99. The van der Waals surface area contributed by atoms with Crippen LogP contribution < -0.4 is 4.74 Å². The van der Waals surface area contributed by atoms with Crippen LogP contribution in [0.15, 0.2) is 18.2 Å². The summed E-state index contributed by atoms with van der Waals surface area (Å²) in [5, 5.41) is 0.166. The monoisotopic (exact) mass is 213 g/mol. The highest BCUT2D eigenvalue weighted by Gasteiger charge is 2.05. The predicted octanol–water partition coefficient (Wildman–Crippen LogP) is 3.04. The van der Waals surface area contributed by atoms with Crippen molar-refractivity contribution in [1.82, 2.24) is 4.98 Å². The standard InChI is InChI=1S/C11H16ClNO/c1-3-9(12)8-10-6-5-7-11(13-10)14-4-2/h5-7,9H,3-4,8H2,1-2H3. The second-order valence-corrected chi connectivity index (χ2v) is 3.73. The van der Waals surface area contributed by atoms with Gasteiger partial charge in [-0.2, -0.15) is 0 Å². The van der Waals surface area contributed by atoms with E-state index < -0.39 is 0 Å². The molecule has 78 valence electrons. The number of aromatic nitrogens is 1. The summed E-state index contributed by atoms with van der Waals surface area (Å²) in [4.78, 5) is 4.34. The summed E-state index contributed by atoms with van der Waals surface area (Å²) in [6.45, 7) is 4.67. The lowest BCUT2D eigenvalue weighted by molar-refractivity contribution is 0.326. The van der Waals surface area contributed by atoms with E-state index in [0.29, 0.717) is 12.5 Å². The molecule has 0 aromatic carbocycles. The van der Waals surface area contributed by atoms with Crippen LogP contribution >= 0.6 is 11.6 Å². The largest absolute Gasteiger partial charge is 0.478 e. The topological polar surface area (TPSA) is 22.1 Å². The summed E-state index contributed by atoms with van der Waals surface area (Å²) in [6, 6.07) is 5.79. The van der Waals surface area contributed by atoms with Crippen molar-refractivity contribution in [2.75, 3.05) is 6.61 Å². The first-order valence-corrected chi connectivity index (χ1v) is 5.42. The highest BCUT2D eigenvalue weighted by atomic mass is 35.5. The Morgan fingerprint density at radius 2 is 2.21 bits per heavy atom. The summed E-state index contributed by atoms with van der Waals surface area (Å²) in [7, 11) is 0.